The van der Waals surface area contributed by atoms with E-state index in [1.165, 1.54) is 0 Å². The smallest absolute Gasteiger partial charge is 0.320 e. The predicted molar refractivity (Wildman–Crippen MR) is 68.2 cm³/mol. The second-order valence-corrected chi connectivity index (χ2v) is 4.90. The number of likely N-dealkylation sites (tertiary alicyclic amines) is 1. The van der Waals surface area contributed by atoms with Crippen molar-refractivity contribution in [1.29, 1.82) is 0 Å². The maximum atomic E-state index is 12.2. The molecule has 0 saturated carbocycles. The number of nitrogens with one attached hydrogen (secondary N) is 2. The molecule has 2 saturated heterocycles. The van der Waals surface area contributed by atoms with Gasteiger partial charge in [0.15, 0.2) is 0 Å². The monoisotopic (exact) mass is 254 g/mol. The van der Waals surface area contributed by atoms with Gasteiger partial charge in [-0.2, -0.15) is 0 Å². The molecule has 2 fully saturated rings. The van der Waals surface area contributed by atoms with Crippen LogP contribution in [0.25, 0.3) is 0 Å². The molecule has 2 rings (SSSR count). The van der Waals surface area contributed by atoms with Crippen molar-refractivity contribution in [2.75, 3.05) is 46.3 Å². The highest BCUT2D eigenvalue weighted by atomic mass is 16.2. The summed E-state index contributed by atoms with van der Waals surface area (Å²) in [6.07, 6.45) is 1.55. The van der Waals surface area contributed by atoms with Crippen molar-refractivity contribution in [2.45, 2.75) is 12.8 Å². The minimum Gasteiger partial charge on any atom is -0.359 e. The number of amides is 3. The number of carbonyl (C=O) groups excluding carboxylic acids is 2. The van der Waals surface area contributed by atoms with Crippen LogP contribution >= 0.6 is 0 Å². The Hall–Kier alpha value is -1.30. The van der Waals surface area contributed by atoms with Crippen molar-refractivity contribution in [1.82, 2.24) is 20.4 Å². The lowest BCUT2D eigenvalue weighted by molar-refractivity contribution is -0.125. The van der Waals surface area contributed by atoms with E-state index < -0.39 is 0 Å². The molecule has 2 N–H and O–H groups in total. The van der Waals surface area contributed by atoms with Crippen LogP contribution < -0.4 is 10.6 Å². The third-order valence-electron chi connectivity index (χ3n) is 3.77. The fourth-order valence-electron chi connectivity index (χ4n) is 2.59. The van der Waals surface area contributed by atoms with Crippen molar-refractivity contribution < 1.29 is 9.59 Å². The summed E-state index contributed by atoms with van der Waals surface area (Å²) < 4.78 is 0. The van der Waals surface area contributed by atoms with Gasteiger partial charge < -0.3 is 20.4 Å². The van der Waals surface area contributed by atoms with E-state index in [-0.39, 0.29) is 17.9 Å². The van der Waals surface area contributed by atoms with E-state index in [1.54, 1.807) is 7.05 Å². The second kappa shape index (κ2) is 6.04. The maximum absolute atomic E-state index is 12.2. The van der Waals surface area contributed by atoms with E-state index in [1.807, 2.05) is 9.80 Å². The summed E-state index contributed by atoms with van der Waals surface area (Å²) in [6, 6.07) is 0.131. The highest BCUT2D eigenvalue weighted by Gasteiger charge is 2.29. The molecule has 0 aromatic carbocycles. The van der Waals surface area contributed by atoms with E-state index in [4.69, 9.17) is 0 Å². The van der Waals surface area contributed by atoms with Crippen LogP contribution in [0, 0.1) is 5.92 Å². The van der Waals surface area contributed by atoms with Gasteiger partial charge in [-0.15, -0.1) is 0 Å². The van der Waals surface area contributed by atoms with Gasteiger partial charge in [0.2, 0.25) is 5.91 Å². The number of carbonyl (C=O) groups is 2. The van der Waals surface area contributed by atoms with Crippen LogP contribution in [0.15, 0.2) is 0 Å². The Morgan fingerprint density at radius 2 is 1.61 bits per heavy atom. The molecule has 0 unspecified atom stereocenters. The standard InChI is InChI=1S/C12H22N4O2/c1-13-11(17)10-2-6-15(7-3-10)12(18)16-8-4-14-5-9-16/h10,14H,2-9H2,1H3,(H,13,17). The molecule has 6 heteroatoms. The zero-order valence-corrected chi connectivity index (χ0v) is 10.9. The fourth-order valence-corrected chi connectivity index (χ4v) is 2.59. The molecule has 3 amide bonds. The second-order valence-electron chi connectivity index (χ2n) is 4.90. The average Bonchev–Trinajstić information content (AvgIpc) is 2.47. The molecule has 2 aliphatic heterocycles. The van der Waals surface area contributed by atoms with Gasteiger partial charge in [-0.25, -0.2) is 4.79 Å². The molecule has 0 radical (unpaired) electrons. The number of rotatable bonds is 1. The van der Waals surface area contributed by atoms with Gasteiger partial charge in [-0.1, -0.05) is 0 Å². The minimum atomic E-state index is 0.0714. The molecular weight excluding hydrogens is 232 g/mol. The normalized spacial score (nSPS) is 21.8. The van der Waals surface area contributed by atoms with E-state index >= 15 is 0 Å². The number of piperazine rings is 1. The van der Waals surface area contributed by atoms with Crippen molar-refractivity contribution in [3.05, 3.63) is 0 Å². The Bertz CT molecular complexity index is 307. The first-order valence-electron chi connectivity index (χ1n) is 6.68. The lowest BCUT2D eigenvalue weighted by Gasteiger charge is -2.36. The molecule has 0 aromatic heterocycles. The number of nitrogens with zero attached hydrogens (tertiary/aromatic N) is 2. The molecule has 6 nitrogen and oxygen atoms in total. The third-order valence-corrected chi connectivity index (χ3v) is 3.77. The molecule has 102 valence electrons. The van der Waals surface area contributed by atoms with Gasteiger partial charge in [0, 0.05) is 52.2 Å². The molecule has 2 heterocycles. The zero-order chi connectivity index (χ0) is 13.0. The fraction of sp³-hybridized carbons (Fsp3) is 0.833. The van der Waals surface area contributed by atoms with Crippen molar-refractivity contribution in [3.8, 4) is 0 Å². The average molecular weight is 254 g/mol. The van der Waals surface area contributed by atoms with Crippen LogP contribution in [0.1, 0.15) is 12.8 Å². The number of urea groups is 1. The Morgan fingerprint density at radius 1 is 1.06 bits per heavy atom. The lowest BCUT2D eigenvalue weighted by Crippen LogP contribution is -2.53. The zero-order valence-electron chi connectivity index (χ0n) is 10.9. The summed E-state index contributed by atoms with van der Waals surface area (Å²) in [5, 5.41) is 5.92. The summed E-state index contributed by atoms with van der Waals surface area (Å²) in [5.41, 5.74) is 0. The minimum absolute atomic E-state index is 0.0714. The largest absolute Gasteiger partial charge is 0.359 e. The highest BCUT2D eigenvalue weighted by molar-refractivity contribution is 5.79. The first kappa shape index (κ1) is 13.1. The van der Waals surface area contributed by atoms with Gasteiger partial charge in [0.05, 0.1) is 0 Å². The van der Waals surface area contributed by atoms with Gasteiger partial charge in [-0.05, 0) is 12.8 Å². The van der Waals surface area contributed by atoms with Gasteiger partial charge >= 0.3 is 6.03 Å². The van der Waals surface area contributed by atoms with Crippen LogP contribution in [-0.2, 0) is 4.79 Å². The number of hydrogen-bond acceptors (Lipinski definition) is 3. The summed E-state index contributed by atoms with van der Waals surface area (Å²) >= 11 is 0. The summed E-state index contributed by atoms with van der Waals surface area (Å²) in [7, 11) is 1.67. The summed E-state index contributed by atoms with van der Waals surface area (Å²) in [6.45, 7) is 4.71. The highest BCUT2D eigenvalue weighted by Crippen LogP contribution is 2.18. The molecule has 0 bridgehead atoms. The molecule has 0 atom stereocenters. The first-order valence-corrected chi connectivity index (χ1v) is 6.68. The van der Waals surface area contributed by atoms with Gasteiger partial charge in [0.1, 0.15) is 0 Å². The quantitative estimate of drug-likeness (QED) is 0.661. The Morgan fingerprint density at radius 3 is 2.17 bits per heavy atom. The topological polar surface area (TPSA) is 64.7 Å². The van der Waals surface area contributed by atoms with Crippen LogP contribution in [0.2, 0.25) is 0 Å². The van der Waals surface area contributed by atoms with Crippen LogP contribution in [0.5, 0.6) is 0 Å². The van der Waals surface area contributed by atoms with Crippen LogP contribution in [-0.4, -0.2) is 68.1 Å². The Kier molecular flexibility index (Phi) is 4.41. The maximum Gasteiger partial charge on any atom is 0.320 e. The SMILES string of the molecule is CNC(=O)C1CCN(C(=O)N2CCNCC2)CC1. The van der Waals surface area contributed by atoms with E-state index in [0.717, 1.165) is 39.0 Å². The number of piperidine rings is 1. The van der Waals surface area contributed by atoms with Gasteiger partial charge in [-0.3, -0.25) is 4.79 Å². The molecule has 18 heavy (non-hydrogen) atoms. The lowest BCUT2D eigenvalue weighted by atomic mass is 9.96. The Labute approximate surface area is 108 Å². The molecule has 0 aromatic rings. The Balaban J connectivity index is 1.81. The van der Waals surface area contributed by atoms with Crippen molar-refractivity contribution in [3.63, 3.8) is 0 Å². The molecule has 2 aliphatic rings. The van der Waals surface area contributed by atoms with Crippen LogP contribution in [0.4, 0.5) is 4.79 Å². The van der Waals surface area contributed by atoms with Crippen LogP contribution in [0.3, 0.4) is 0 Å². The number of hydrogen-bond donors (Lipinski definition) is 2. The molecule has 0 aliphatic carbocycles. The van der Waals surface area contributed by atoms with E-state index in [9.17, 15) is 9.59 Å². The summed E-state index contributed by atoms with van der Waals surface area (Å²) in [4.78, 5) is 27.5. The van der Waals surface area contributed by atoms with E-state index in [0.29, 0.717) is 13.1 Å². The van der Waals surface area contributed by atoms with Crippen molar-refractivity contribution >= 4 is 11.9 Å². The first-order chi connectivity index (χ1) is 8.72. The van der Waals surface area contributed by atoms with E-state index in [2.05, 4.69) is 10.6 Å². The molecule has 0 spiro atoms. The third kappa shape index (κ3) is 2.93. The predicted octanol–water partition coefficient (Wildman–Crippen LogP) is -0.530. The van der Waals surface area contributed by atoms with Crippen molar-refractivity contribution in [2.24, 2.45) is 5.92 Å². The summed E-state index contributed by atoms with van der Waals surface area (Å²) in [5.74, 6) is 0.173. The van der Waals surface area contributed by atoms with Gasteiger partial charge in [0.25, 0.3) is 0 Å². The molecular formula is C12H22N4O2.